The van der Waals surface area contributed by atoms with Crippen molar-refractivity contribution < 1.29 is 25.2 Å². The molecule has 0 radical (unpaired) electrons. The van der Waals surface area contributed by atoms with Gasteiger partial charge in [-0.15, -0.1) is 0 Å². The van der Waals surface area contributed by atoms with E-state index in [4.69, 9.17) is 14.9 Å². The van der Waals surface area contributed by atoms with Gasteiger partial charge in [-0.3, -0.25) is 0 Å². The van der Waals surface area contributed by atoms with Gasteiger partial charge in [-0.1, -0.05) is 6.92 Å². The standard InChI is InChI=1S/C7H14O5/c1-3-5(9)6(10)4(2-8)12-7(3)11/h3-11H,2H2,1H3/t3?,4?,5-,6?,7?/m1/s1. The molecule has 0 aliphatic carbocycles. The summed E-state index contributed by atoms with van der Waals surface area (Å²) in [5, 5.41) is 36.4. The van der Waals surface area contributed by atoms with Crippen LogP contribution < -0.4 is 0 Å². The first kappa shape index (κ1) is 9.88. The third-order valence-electron chi connectivity index (χ3n) is 2.21. The average molecular weight is 178 g/mol. The van der Waals surface area contributed by atoms with Crippen molar-refractivity contribution in [3.63, 3.8) is 0 Å². The van der Waals surface area contributed by atoms with Crippen molar-refractivity contribution in [1.29, 1.82) is 0 Å². The van der Waals surface area contributed by atoms with E-state index in [1.807, 2.05) is 0 Å². The Balaban J connectivity index is 2.63. The zero-order valence-corrected chi connectivity index (χ0v) is 6.79. The molecular weight excluding hydrogens is 164 g/mol. The summed E-state index contributed by atoms with van der Waals surface area (Å²) in [7, 11) is 0. The molecule has 1 fully saturated rings. The maximum absolute atomic E-state index is 9.32. The van der Waals surface area contributed by atoms with E-state index in [0.717, 1.165) is 0 Å². The Kier molecular flexibility index (Phi) is 3.03. The normalized spacial score (nSPS) is 49.2. The summed E-state index contributed by atoms with van der Waals surface area (Å²) in [5.74, 6) is -0.539. The van der Waals surface area contributed by atoms with Crippen LogP contribution in [-0.2, 0) is 4.74 Å². The van der Waals surface area contributed by atoms with Gasteiger partial charge in [0.05, 0.1) is 12.7 Å². The van der Waals surface area contributed by atoms with E-state index in [-0.39, 0.29) is 0 Å². The van der Waals surface area contributed by atoms with E-state index < -0.39 is 37.1 Å². The Labute approximate surface area is 70.2 Å². The number of aliphatic hydroxyl groups is 4. The fraction of sp³-hybridized carbons (Fsp3) is 1.00. The van der Waals surface area contributed by atoms with Gasteiger partial charge in [0, 0.05) is 5.92 Å². The van der Waals surface area contributed by atoms with Crippen LogP contribution in [0.3, 0.4) is 0 Å². The largest absolute Gasteiger partial charge is 0.394 e. The lowest BCUT2D eigenvalue weighted by molar-refractivity contribution is -0.266. The molecule has 5 atom stereocenters. The third kappa shape index (κ3) is 1.60. The minimum Gasteiger partial charge on any atom is -0.394 e. The fourth-order valence-electron chi connectivity index (χ4n) is 1.23. The van der Waals surface area contributed by atoms with Gasteiger partial charge in [0.2, 0.25) is 0 Å². The SMILES string of the molecule is CC1C(O)OC(CO)C(O)[C@@H]1O. The Morgan fingerprint density at radius 1 is 1.17 bits per heavy atom. The first-order valence-corrected chi connectivity index (χ1v) is 3.88. The topological polar surface area (TPSA) is 90.2 Å². The van der Waals surface area contributed by atoms with Gasteiger partial charge in [-0.2, -0.15) is 0 Å². The summed E-state index contributed by atoms with van der Waals surface area (Å²) in [5.41, 5.74) is 0. The summed E-state index contributed by atoms with van der Waals surface area (Å²) in [4.78, 5) is 0. The van der Waals surface area contributed by atoms with Crippen molar-refractivity contribution in [3.8, 4) is 0 Å². The van der Waals surface area contributed by atoms with Gasteiger partial charge in [0.25, 0.3) is 0 Å². The molecule has 0 saturated carbocycles. The van der Waals surface area contributed by atoms with Crippen LogP contribution in [0.5, 0.6) is 0 Å². The smallest absolute Gasteiger partial charge is 0.160 e. The Bertz CT molecular complexity index is 146. The molecule has 5 heteroatoms. The Morgan fingerprint density at radius 3 is 2.25 bits per heavy atom. The molecular formula is C7H14O5. The zero-order valence-electron chi connectivity index (χ0n) is 6.79. The first-order chi connectivity index (χ1) is 5.57. The van der Waals surface area contributed by atoms with E-state index in [0.29, 0.717) is 0 Å². The molecule has 1 saturated heterocycles. The number of hydrogen-bond donors (Lipinski definition) is 4. The molecule has 72 valence electrons. The number of aliphatic hydroxyl groups excluding tert-OH is 4. The summed E-state index contributed by atoms with van der Waals surface area (Å²) in [6.07, 6.45) is -4.20. The van der Waals surface area contributed by atoms with Gasteiger partial charge in [-0.25, -0.2) is 0 Å². The highest BCUT2D eigenvalue weighted by Gasteiger charge is 2.40. The van der Waals surface area contributed by atoms with E-state index >= 15 is 0 Å². The van der Waals surface area contributed by atoms with Crippen LogP contribution in [0.1, 0.15) is 6.92 Å². The van der Waals surface area contributed by atoms with Crippen LogP contribution in [0.25, 0.3) is 0 Å². The first-order valence-electron chi connectivity index (χ1n) is 3.88. The van der Waals surface area contributed by atoms with Gasteiger partial charge in [0.1, 0.15) is 12.2 Å². The third-order valence-corrected chi connectivity index (χ3v) is 2.21. The highest BCUT2D eigenvalue weighted by Crippen LogP contribution is 2.23. The molecule has 1 aliphatic heterocycles. The average Bonchev–Trinajstić information content (AvgIpc) is 2.08. The second-order valence-electron chi connectivity index (χ2n) is 3.09. The lowest BCUT2D eigenvalue weighted by atomic mass is 9.93. The van der Waals surface area contributed by atoms with Crippen LogP contribution in [0.2, 0.25) is 0 Å². The van der Waals surface area contributed by atoms with Crippen molar-refractivity contribution in [2.75, 3.05) is 6.61 Å². The molecule has 1 aliphatic rings. The zero-order chi connectivity index (χ0) is 9.30. The van der Waals surface area contributed by atoms with E-state index in [1.54, 1.807) is 6.92 Å². The predicted molar refractivity (Wildman–Crippen MR) is 39.1 cm³/mol. The molecule has 0 bridgehead atoms. The van der Waals surface area contributed by atoms with Crippen LogP contribution in [0.15, 0.2) is 0 Å². The monoisotopic (exact) mass is 178 g/mol. The van der Waals surface area contributed by atoms with Crippen LogP contribution in [0.4, 0.5) is 0 Å². The van der Waals surface area contributed by atoms with Gasteiger partial charge in [-0.05, 0) is 0 Å². The molecule has 4 unspecified atom stereocenters. The van der Waals surface area contributed by atoms with E-state index in [9.17, 15) is 10.2 Å². The molecule has 5 nitrogen and oxygen atoms in total. The maximum atomic E-state index is 9.32. The molecule has 0 spiro atoms. The van der Waals surface area contributed by atoms with Crippen molar-refractivity contribution in [2.24, 2.45) is 5.92 Å². The molecule has 1 rings (SSSR count). The van der Waals surface area contributed by atoms with Crippen LogP contribution in [-0.4, -0.2) is 51.6 Å². The second-order valence-corrected chi connectivity index (χ2v) is 3.09. The minimum absolute atomic E-state index is 0.415. The summed E-state index contributed by atoms with van der Waals surface area (Å²) in [6.45, 7) is 1.15. The van der Waals surface area contributed by atoms with Crippen molar-refractivity contribution >= 4 is 0 Å². The van der Waals surface area contributed by atoms with Crippen molar-refractivity contribution in [3.05, 3.63) is 0 Å². The summed E-state index contributed by atoms with van der Waals surface area (Å²) in [6, 6.07) is 0. The van der Waals surface area contributed by atoms with E-state index in [1.165, 1.54) is 0 Å². The second kappa shape index (κ2) is 3.68. The van der Waals surface area contributed by atoms with Crippen molar-refractivity contribution in [1.82, 2.24) is 0 Å². The molecule has 1 heterocycles. The maximum Gasteiger partial charge on any atom is 0.160 e. The fourth-order valence-corrected chi connectivity index (χ4v) is 1.23. The van der Waals surface area contributed by atoms with Gasteiger partial charge < -0.3 is 25.2 Å². The number of hydrogen-bond acceptors (Lipinski definition) is 5. The Hall–Kier alpha value is -0.200. The summed E-state index contributed by atoms with van der Waals surface area (Å²) < 4.78 is 4.83. The van der Waals surface area contributed by atoms with Gasteiger partial charge >= 0.3 is 0 Å². The highest BCUT2D eigenvalue weighted by atomic mass is 16.6. The van der Waals surface area contributed by atoms with Crippen LogP contribution >= 0.6 is 0 Å². The molecule has 12 heavy (non-hydrogen) atoms. The molecule has 0 aromatic heterocycles. The molecule has 4 N–H and O–H groups in total. The molecule has 0 aromatic carbocycles. The molecule has 0 amide bonds. The minimum atomic E-state index is -1.13. The lowest BCUT2D eigenvalue weighted by Gasteiger charge is -2.38. The predicted octanol–water partition coefficient (Wildman–Crippen LogP) is -1.95. The number of ether oxygens (including phenoxy) is 1. The Morgan fingerprint density at radius 2 is 1.75 bits per heavy atom. The van der Waals surface area contributed by atoms with Crippen LogP contribution in [0, 0.1) is 5.92 Å². The number of rotatable bonds is 1. The lowest BCUT2D eigenvalue weighted by Crippen LogP contribution is -2.54. The highest BCUT2D eigenvalue weighted by molar-refractivity contribution is 4.86. The quantitative estimate of drug-likeness (QED) is 0.375. The van der Waals surface area contributed by atoms with Crippen molar-refractivity contribution in [2.45, 2.75) is 31.5 Å². The van der Waals surface area contributed by atoms with E-state index in [2.05, 4.69) is 0 Å². The summed E-state index contributed by atoms with van der Waals surface area (Å²) >= 11 is 0. The van der Waals surface area contributed by atoms with Gasteiger partial charge in [0.15, 0.2) is 6.29 Å². The molecule has 0 aromatic rings.